The van der Waals surface area contributed by atoms with Gasteiger partial charge in [-0.25, -0.2) is 4.99 Å². The van der Waals surface area contributed by atoms with E-state index in [4.69, 9.17) is 14.2 Å². The molecule has 0 bridgehead atoms. The molecule has 8 heteroatoms. The second-order valence-electron chi connectivity index (χ2n) is 7.88. The smallest absolute Gasteiger partial charge is 0.302 e. The summed E-state index contributed by atoms with van der Waals surface area (Å²) >= 11 is 0. The molecule has 1 amide bonds. The molecule has 0 radical (unpaired) electrons. The van der Waals surface area contributed by atoms with Crippen LogP contribution in [0.5, 0.6) is 11.5 Å². The normalized spacial score (nSPS) is 16.9. The molecule has 2 aliphatic rings. The molecule has 8 nitrogen and oxygen atoms in total. The highest BCUT2D eigenvalue weighted by Gasteiger charge is 2.39. The zero-order valence-electron chi connectivity index (χ0n) is 18.7. The van der Waals surface area contributed by atoms with E-state index >= 15 is 0 Å². The van der Waals surface area contributed by atoms with Crippen molar-refractivity contribution in [2.75, 3.05) is 20.3 Å². The number of nitrogens with zero attached hydrogens (tertiary/aromatic N) is 2. The third-order valence-corrected chi connectivity index (χ3v) is 5.63. The van der Waals surface area contributed by atoms with Crippen LogP contribution in [0.15, 0.2) is 17.1 Å². The molecule has 170 valence electrons. The van der Waals surface area contributed by atoms with Gasteiger partial charge in [-0.2, -0.15) is 0 Å². The van der Waals surface area contributed by atoms with E-state index in [1.165, 1.54) is 6.92 Å². The van der Waals surface area contributed by atoms with Gasteiger partial charge in [0.15, 0.2) is 11.5 Å². The van der Waals surface area contributed by atoms with Crippen molar-refractivity contribution in [3.8, 4) is 11.5 Å². The first kappa shape index (κ1) is 22.9. The van der Waals surface area contributed by atoms with Crippen LogP contribution in [0.25, 0.3) is 0 Å². The number of carbonyl (C=O) groups excluding carboxylic acids is 2. The van der Waals surface area contributed by atoms with Crippen molar-refractivity contribution >= 4 is 23.5 Å². The molecule has 0 saturated carbocycles. The molecule has 2 aliphatic heterocycles. The number of ether oxygens (including phenoxy) is 3. The van der Waals surface area contributed by atoms with Gasteiger partial charge in [0.05, 0.1) is 32.6 Å². The van der Waals surface area contributed by atoms with Crippen molar-refractivity contribution in [3.05, 3.63) is 17.7 Å². The summed E-state index contributed by atoms with van der Waals surface area (Å²) in [7, 11) is 1.64. The Bertz CT molecular complexity index is 824. The van der Waals surface area contributed by atoms with E-state index < -0.39 is 0 Å². The van der Waals surface area contributed by atoms with Gasteiger partial charge < -0.3 is 19.1 Å². The Hall–Kier alpha value is -2.77. The lowest BCUT2D eigenvalue weighted by molar-refractivity contribution is -0.141. The summed E-state index contributed by atoms with van der Waals surface area (Å²) in [4.78, 5) is 29.5. The number of fused-ring (bicyclic) bond motifs is 2. The molecular weight excluding hydrogens is 398 g/mol. The first-order valence-electron chi connectivity index (χ1n) is 11.2. The Morgan fingerprint density at radius 3 is 2.55 bits per heavy atom. The second kappa shape index (κ2) is 11.0. The molecule has 1 aromatic carbocycles. The van der Waals surface area contributed by atoms with Crippen LogP contribution in [-0.4, -0.2) is 49.1 Å². The number of esters is 1. The van der Waals surface area contributed by atoms with Gasteiger partial charge in [0.2, 0.25) is 11.9 Å². The molecule has 1 unspecified atom stereocenters. The topological polar surface area (TPSA) is 89.5 Å². The summed E-state index contributed by atoms with van der Waals surface area (Å²) in [6.07, 6.45) is 7.04. The average molecular weight is 432 g/mol. The highest BCUT2D eigenvalue weighted by molar-refractivity contribution is 6.07. The number of carbonyl (C=O) groups is 2. The number of methoxy groups -OCH3 is 1. The maximum atomic E-state index is 12.2. The molecule has 1 N–H and O–H groups in total. The third kappa shape index (κ3) is 5.68. The minimum atomic E-state index is -0.210. The quantitative estimate of drug-likeness (QED) is 0.401. The van der Waals surface area contributed by atoms with Crippen LogP contribution >= 0.6 is 0 Å². The van der Waals surface area contributed by atoms with E-state index in [1.807, 2.05) is 24.0 Å². The van der Waals surface area contributed by atoms with Crippen molar-refractivity contribution in [1.82, 2.24) is 10.2 Å². The van der Waals surface area contributed by atoms with Gasteiger partial charge in [-0.15, -0.1) is 0 Å². The summed E-state index contributed by atoms with van der Waals surface area (Å²) in [5.74, 6) is 1.81. The largest absolute Gasteiger partial charge is 0.492 e. The Labute approximate surface area is 183 Å². The number of nitrogens with one attached hydrogen (secondary N) is 1. The fourth-order valence-corrected chi connectivity index (χ4v) is 4.02. The second-order valence-corrected chi connectivity index (χ2v) is 7.88. The lowest BCUT2D eigenvalue weighted by Gasteiger charge is -2.28. The van der Waals surface area contributed by atoms with Gasteiger partial charge in [-0.3, -0.25) is 14.9 Å². The number of aliphatic imine (C=N–C) groups is 1. The molecule has 0 aromatic heterocycles. The number of benzene rings is 1. The van der Waals surface area contributed by atoms with Crippen LogP contribution in [-0.2, 0) is 20.9 Å². The maximum Gasteiger partial charge on any atom is 0.302 e. The summed E-state index contributed by atoms with van der Waals surface area (Å²) in [6.45, 7) is 5.15. The number of hydrogen-bond donors (Lipinski definition) is 1. The molecule has 1 aromatic rings. The van der Waals surface area contributed by atoms with Crippen LogP contribution in [0.1, 0.15) is 64.4 Å². The van der Waals surface area contributed by atoms with Crippen LogP contribution < -0.4 is 14.8 Å². The predicted molar refractivity (Wildman–Crippen MR) is 118 cm³/mol. The number of hydrogen-bond acceptors (Lipinski definition) is 7. The first-order valence-corrected chi connectivity index (χ1v) is 11.2. The van der Waals surface area contributed by atoms with Gasteiger partial charge in [-0.1, -0.05) is 32.6 Å². The Kier molecular flexibility index (Phi) is 8.14. The highest BCUT2D eigenvalue weighted by Crippen LogP contribution is 2.41. The van der Waals surface area contributed by atoms with E-state index in [9.17, 15) is 9.59 Å². The SMILES string of the molecule is CCC1C(=O)NC2=Nc3ccc(OCCCCCCCCOC(C)=O)c(OC)c3CN21. The van der Waals surface area contributed by atoms with E-state index in [0.717, 1.165) is 56.2 Å². The van der Waals surface area contributed by atoms with Crippen molar-refractivity contribution in [2.24, 2.45) is 4.99 Å². The Morgan fingerprint density at radius 2 is 1.87 bits per heavy atom. The molecular formula is C23H33N3O5. The van der Waals surface area contributed by atoms with Gasteiger partial charge in [0.1, 0.15) is 6.04 Å². The molecule has 3 rings (SSSR count). The molecule has 31 heavy (non-hydrogen) atoms. The van der Waals surface area contributed by atoms with Crippen LogP contribution in [0, 0.1) is 0 Å². The van der Waals surface area contributed by atoms with Gasteiger partial charge in [0, 0.05) is 12.5 Å². The monoisotopic (exact) mass is 431 g/mol. The fraction of sp³-hybridized carbons (Fsp3) is 0.609. The molecule has 2 heterocycles. The number of unbranched alkanes of at least 4 members (excludes halogenated alkanes) is 5. The maximum absolute atomic E-state index is 12.2. The van der Waals surface area contributed by atoms with Crippen molar-refractivity contribution < 1.29 is 23.8 Å². The van der Waals surface area contributed by atoms with E-state index in [1.54, 1.807) is 7.11 Å². The first-order chi connectivity index (χ1) is 15.0. The van der Waals surface area contributed by atoms with Crippen molar-refractivity contribution in [3.63, 3.8) is 0 Å². The molecule has 1 atom stereocenters. The average Bonchev–Trinajstić information content (AvgIpc) is 3.06. The van der Waals surface area contributed by atoms with Gasteiger partial charge >= 0.3 is 5.97 Å². The van der Waals surface area contributed by atoms with Crippen LogP contribution in [0.4, 0.5) is 5.69 Å². The lowest BCUT2D eigenvalue weighted by atomic mass is 10.1. The zero-order valence-corrected chi connectivity index (χ0v) is 18.7. The standard InChI is InChI=1S/C23H33N3O5/c1-4-19-22(28)25-23-24-18-11-12-20(21(29-3)17(18)15-26(19)23)31-14-10-8-6-5-7-9-13-30-16(2)27/h11-12,19H,4-10,13-15H2,1-3H3,(H,24,25,28). The van der Waals surface area contributed by atoms with Crippen molar-refractivity contribution in [1.29, 1.82) is 0 Å². The van der Waals surface area contributed by atoms with E-state index in [2.05, 4.69) is 10.3 Å². The lowest BCUT2D eigenvalue weighted by Crippen LogP contribution is -2.36. The molecule has 0 spiro atoms. The highest BCUT2D eigenvalue weighted by atomic mass is 16.5. The molecule has 1 saturated heterocycles. The van der Waals surface area contributed by atoms with E-state index in [0.29, 0.717) is 37.2 Å². The molecule has 0 aliphatic carbocycles. The minimum absolute atomic E-state index is 0.00382. The van der Waals surface area contributed by atoms with Gasteiger partial charge in [0.25, 0.3) is 0 Å². The van der Waals surface area contributed by atoms with Gasteiger partial charge in [-0.05, 0) is 31.4 Å². The van der Waals surface area contributed by atoms with Crippen LogP contribution in [0.2, 0.25) is 0 Å². The third-order valence-electron chi connectivity index (χ3n) is 5.63. The minimum Gasteiger partial charge on any atom is -0.492 e. The number of rotatable bonds is 12. The summed E-state index contributed by atoms with van der Waals surface area (Å²) in [5.41, 5.74) is 1.76. The van der Waals surface area contributed by atoms with Crippen LogP contribution in [0.3, 0.4) is 0 Å². The number of guanidine groups is 1. The van der Waals surface area contributed by atoms with Crippen molar-refractivity contribution in [2.45, 2.75) is 71.4 Å². The summed E-state index contributed by atoms with van der Waals surface area (Å²) in [6, 6.07) is 3.61. The fourth-order valence-electron chi connectivity index (χ4n) is 4.02. The summed E-state index contributed by atoms with van der Waals surface area (Å²) < 4.78 is 16.6. The molecule has 1 fully saturated rings. The number of amides is 1. The zero-order chi connectivity index (χ0) is 22.2. The van der Waals surface area contributed by atoms with E-state index in [-0.39, 0.29) is 17.9 Å². The Morgan fingerprint density at radius 1 is 1.16 bits per heavy atom. The predicted octanol–water partition coefficient (Wildman–Crippen LogP) is 3.69. The summed E-state index contributed by atoms with van der Waals surface area (Å²) in [5, 5.41) is 2.87. The Balaban J connectivity index is 1.47.